The second-order valence-electron chi connectivity index (χ2n) is 4.93. The lowest BCUT2D eigenvalue weighted by molar-refractivity contribution is -0.0229. The van der Waals surface area contributed by atoms with Crippen LogP contribution in [0.4, 0.5) is 5.69 Å². The molecule has 0 amide bonds. The summed E-state index contributed by atoms with van der Waals surface area (Å²) in [6, 6.07) is 4.71. The highest BCUT2D eigenvalue weighted by molar-refractivity contribution is 9.10. The predicted octanol–water partition coefficient (Wildman–Crippen LogP) is 1.03. The summed E-state index contributed by atoms with van der Waals surface area (Å²) < 4.78 is 33.3. The summed E-state index contributed by atoms with van der Waals surface area (Å²) in [5.74, 6) is 0. The van der Waals surface area contributed by atoms with Crippen LogP contribution in [0.5, 0.6) is 0 Å². The molecular formula is C13H20BrN3O3S. The second-order valence-corrected chi connectivity index (χ2v) is 7.52. The van der Waals surface area contributed by atoms with E-state index in [2.05, 4.69) is 32.5 Å². The molecule has 1 saturated heterocycles. The molecule has 8 heteroatoms. The van der Waals surface area contributed by atoms with Gasteiger partial charge in [-0.05, 0) is 40.7 Å². The zero-order valence-corrected chi connectivity index (χ0v) is 14.3. The molecule has 0 aliphatic carbocycles. The smallest absolute Gasteiger partial charge is 0.241 e. The summed E-state index contributed by atoms with van der Waals surface area (Å²) in [6.45, 7) is 5.52. The first-order valence-corrected chi connectivity index (χ1v) is 9.08. The SMILES string of the molecule is CCN1CCOC(CNS(=O)(=O)c2cc(N)ccc2Br)C1. The maximum atomic E-state index is 12.3. The summed E-state index contributed by atoms with van der Waals surface area (Å²) >= 11 is 3.24. The number of sulfonamides is 1. The van der Waals surface area contributed by atoms with E-state index in [4.69, 9.17) is 10.5 Å². The number of nitrogens with zero attached hydrogens (tertiary/aromatic N) is 1. The Morgan fingerprint density at radius 3 is 3.00 bits per heavy atom. The van der Waals surface area contributed by atoms with Crippen molar-refractivity contribution in [3.05, 3.63) is 22.7 Å². The van der Waals surface area contributed by atoms with Gasteiger partial charge in [0.05, 0.1) is 17.6 Å². The molecule has 1 fully saturated rings. The number of hydrogen-bond donors (Lipinski definition) is 2. The van der Waals surface area contributed by atoms with Crippen LogP contribution < -0.4 is 10.5 Å². The van der Waals surface area contributed by atoms with Gasteiger partial charge in [0, 0.05) is 29.8 Å². The van der Waals surface area contributed by atoms with Crippen LogP contribution in [-0.4, -0.2) is 52.2 Å². The van der Waals surface area contributed by atoms with Crippen LogP contribution in [0.25, 0.3) is 0 Å². The summed E-state index contributed by atoms with van der Waals surface area (Å²) in [4.78, 5) is 2.38. The van der Waals surface area contributed by atoms with E-state index >= 15 is 0 Å². The Labute approximate surface area is 133 Å². The fraction of sp³-hybridized carbons (Fsp3) is 0.538. The highest BCUT2D eigenvalue weighted by Gasteiger charge is 2.23. The molecule has 1 unspecified atom stereocenters. The molecule has 0 aromatic heterocycles. The van der Waals surface area contributed by atoms with Gasteiger partial charge in [-0.25, -0.2) is 13.1 Å². The second kappa shape index (κ2) is 7.06. The number of nitrogen functional groups attached to an aromatic ring is 1. The van der Waals surface area contributed by atoms with E-state index in [9.17, 15) is 8.42 Å². The van der Waals surface area contributed by atoms with Gasteiger partial charge in [-0.2, -0.15) is 0 Å². The standard InChI is InChI=1S/C13H20BrN3O3S/c1-2-17-5-6-20-11(9-17)8-16-21(18,19)13-7-10(15)3-4-12(13)14/h3-4,7,11,16H,2,5-6,8-9,15H2,1H3. The van der Waals surface area contributed by atoms with Crippen LogP contribution in [0.3, 0.4) is 0 Å². The number of ether oxygens (including phenoxy) is 1. The Balaban J connectivity index is 2.03. The van der Waals surface area contributed by atoms with Gasteiger partial charge in [-0.1, -0.05) is 6.92 Å². The average molecular weight is 378 g/mol. The zero-order valence-electron chi connectivity index (χ0n) is 11.9. The summed E-state index contributed by atoms with van der Waals surface area (Å²) in [7, 11) is -3.61. The maximum Gasteiger partial charge on any atom is 0.241 e. The Bertz CT molecular complexity index is 594. The highest BCUT2D eigenvalue weighted by atomic mass is 79.9. The van der Waals surface area contributed by atoms with Gasteiger partial charge in [-0.15, -0.1) is 0 Å². The minimum absolute atomic E-state index is 0.131. The predicted molar refractivity (Wildman–Crippen MR) is 85.6 cm³/mol. The lowest BCUT2D eigenvalue weighted by atomic mass is 10.3. The number of hydrogen-bond acceptors (Lipinski definition) is 5. The van der Waals surface area contributed by atoms with Crippen LogP contribution in [0, 0.1) is 0 Å². The molecule has 21 heavy (non-hydrogen) atoms. The molecule has 1 aromatic rings. The van der Waals surface area contributed by atoms with Crippen LogP contribution in [-0.2, 0) is 14.8 Å². The molecule has 0 spiro atoms. The number of morpholine rings is 1. The van der Waals surface area contributed by atoms with E-state index < -0.39 is 10.0 Å². The van der Waals surface area contributed by atoms with Crippen LogP contribution in [0.1, 0.15) is 6.92 Å². The largest absolute Gasteiger partial charge is 0.399 e. The monoisotopic (exact) mass is 377 g/mol. The number of nitrogens with one attached hydrogen (secondary N) is 1. The van der Waals surface area contributed by atoms with E-state index in [1.807, 2.05) is 0 Å². The molecule has 1 aromatic carbocycles. The molecule has 1 aliphatic rings. The molecular weight excluding hydrogens is 358 g/mol. The molecule has 2 rings (SSSR count). The summed E-state index contributed by atoms with van der Waals surface area (Å²) in [6.07, 6.45) is -0.131. The van der Waals surface area contributed by atoms with Crippen molar-refractivity contribution in [1.29, 1.82) is 0 Å². The van der Waals surface area contributed by atoms with Crippen molar-refractivity contribution in [3.8, 4) is 0 Å². The third-order valence-electron chi connectivity index (χ3n) is 3.42. The topological polar surface area (TPSA) is 84.7 Å². The van der Waals surface area contributed by atoms with E-state index in [-0.39, 0.29) is 17.5 Å². The molecule has 6 nitrogen and oxygen atoms in total. The number of halogens is 1. The van der Waals surface area contributed by atoms with Gasteiger partial charge >= 0.3 is 0 Å². The van der Waals surface area contributed by atoms with Crippen molar-refractivity contribution in [2.75, 3.05) is 38.5 Å². The maximum absolute atomic E-state index is 12.3. The van der Waals surface area contributed by atoms with Gasteiger partial charge in [0.15, 0.2) is 0 Å². The minimum atomic E-state index is -3.61. The van der Waals surface area contributed by atoms with Gasteiger partial charge in [0.2, 0.25) is 10.0 Å². The molecule has 1 aliphatic heterocycles. The first-order chi connectivity index (χ1) is 9.92. The van der Waals surface area contributed by atoms with Crippen molar-refractivity contribution < 1.29 is 13.2 Å². The fourth-order valence-electron chi connectivity index (χ4n) is 2.20. The Kier molecular flexibility index (Phi) is 5.61. The van der Waals surface area contributed by atoms with E-state index in [0.29, 0.717) is 16.8 Å². The van der Waals surface area contributed by atoms with Crippen LogP contribution >= 0.6 is 15.9 Å². The number of rotatable bonds is 5. The fourth-order valence-corrected chi connectivity index (χ4v) is 4.26. The molecule has 118 valence electrons. The Morgan fingerprint density at radius 2 is 2.29 bits per heavy atom. The normalized spacial score (nSPS) is 20.6. The first kappa shape index (κ1) is 16.7. The van der Waals surface area contributed by atoms with Gasteiger partial charge in [0.25, 0.3) is 0 Å². The quantitative estimate of drug-likeness (QED) is 0.748. The zero-order chi connectivity index (χ0) is 15.5. The summed E-state index contributed by atoms with van der Waals surface area (Å²) in [5.41, 5.74) is 6.06. The van der Waals surface area contributed by atoms with E-state index in [1.54, 1.807) is 12.1 Å². The molecule has 0 bridgehead atoms. The van der Waals surface area contributed by atoms with Crippen molar-refractivity contribution in [1.82, 2.24) is 9.62 Å². The van der Waals surface area contributed by atoms with Gasteiger partial charge in [-0.3, -0.25) is 4.90 Å². The lowest BCUT2D eigenvalue weighted by Crippen LogP contribution is -2.47. The third kappa shape index (κ3) is 4.40. The summed E-state index contributed by atoms with van der Waals surface area (Å²) in [5, 5.41) is 0. The molecule has 1 atom stereocenters. The van der Waals surface area contributed by atoms with Crippen molar-refractivity contribution in [2.45, 2.75) is 17.9 Å². The number of benzene rings is 1. The highest BCUT2D eigenvalue weighted by Crippen LogP contribution is 2.24. The Hall–Kier alpha value is -0.670. The number of likely N-dealkylation sites (N-methyl/N-ethyl adjacent to an activating group) is 1. The molecule has 1 heterocycles. The van der Waals surface area contributed by atoms with Crippen LogP contribution in [0.2, 0.25) is 0 Å². The molecule has 3 N–H and O–H groups in total. The van der Waals surface area contributed by atoms with Crippen LogP contribution in [0.15, 0.2) is 27.6 Å². The minimum Gasteiger partial charge on any atom is -0.399 e. The van der Waals surface area contributed by atoms with Gasteiger partial charge in [0.1, 0.15) is 0 Å². The average Bonchev–Trinajstić information content (AvgIpc) is 2.48. The van der Waals surface area contributed by atoms with Crippen molar-refractivity contribution in [2.24, 2.45) is 0 Å². The van der Waals surface area contributed by atoms with Crippen molar-refractivity contribution >= 4 is 31.6 Å². The Morgan fingerprint density at radius 1 is 1.52 bits per heavy atom. The lowest BCUT2D eigenvalue weighted by Gasteiger charge is -2.32. The van der Waals surface area contributed by atoms with Gasteiger partial charge < -0.3 is 10.5 Å². The van der Waals surface area contributed by atoms with Crippen molar-refractivity contribution in [3.63, 3.8) is 0 Å². The number of anilines is 1. The first-order valence-electron chi connectivity index (χ1n) is 6.81. The molecule has 0 saturated carbocycles. The van der Waals surface area contributed by atoms with E-state index in [1.165, 1.54) is 6.07 Å². The number of nitrogens with two attached hydrogens (primary N) is 1. The van der Waals surface area contributed by atoms with E-state index in [0.717, 1.165) is 19.6 Å². The molecule has 0 radical (unpaired) electrons. The third-order valence-corrected chi connectivity index (χ3v) is 5.83.